The maximum absolute atomic E-state index is 13.2. The van der Waals surface area contributed by atoms with E-state index < -0.39 is 11.9 Å². The fourth-order valence-corrected chi connectivity index (χ4v) is 5.20. The Morgan fingerprint density at radius 2 is 1.97 bits per heavy atom. The molecule has 1 aliphatic heterocycles. The molecule has 4 nitrogen and oxygen atoms in total. The lowest BCUT2D eigenvalue weighted by Crippen LogP contribution is -2.38. The lowest BCUT2D eigenvalue weighted by Gasteiger charge is -2.37. The third kappa shape index (κ3) is 3.53. The Morgan fingerprint density at radius 1 is 1.17 bits per heavy atom. The van der Waals surface area contributed by atoms with Gasteiger partial charge in [-0.3, -0.25) is 0 Å². The zero-order chi connectivity index (χ0) is 20.9. The molecule has 5 rings (SSSR count). The first-order valence-electron chi connectivity index (χ1n) is 10.4. The number of hydrogen-bond donors (Lipinski definition) is 1. The van der Waals surface area contributed by atoms with E-state index in [1.165, 1.54) is 24.6 Å². The number of benzene rings is 1. The molecule has 0 amide bonds. The van der Waals surface area contributed by atoms with Gasteiger partial charge < -0.3 is 9.88 Å². The summed E-state index contributed by atoms with van der Waals surface area (Å²) in [5, 5.41) is 1.78. The SMILES string of the molecule is FC(F)(F)c1ccnc(N2CCc3c([nH]c4ccc(Cl)cc34)C2CC2CCCC2)n1. The average molecular weight is 435 g/mol. The highest BCUT2D eigenvalue weighted by molar-refractivity contribution is 6.31. The molecule has 3 heterocycles. The van der Waals surface area contributed by atoms with Crippen LogP contribution in [0.4, 0.5) is 19.1 Å². The number of alkyl halides is 3. The average Bonchev–Trinajstić information content (AvgIpc) is 3.35. The van der Waals surface area contributed by atoms with Crippen molar-refractivity contribution in [1.82, 2.24) is 15.0 Å². The van der Waals surface area contributed by atoms with Crippen LogP contribution in [0.3, 0.4) is 0 Å². The van der Waals surface area contributed by atoms with Crippen molar-refractivity contribution in [2.75, 3.05) is 11.4 Å². The largest absolute Gasteiger partial charge is 0.433 e. The van der Waals surface area contributed by atoms with Crippen molar-refractivity contribution in [1.29, 1.82) is 0 Å². The lowest BCUT2D eigenvalue weighted by atomic mass is 9.89. The maximum atomic E-state index is 13.2. The van der Waals surface area contributed by atoms with E-state index >= 15 is 0 Å². The number of halogens is 4. The van der Waals surface area contributed by atoms with Crippen LogP contribution in [0.1, 0.15) is 55.1 Å². The van der Waals surface area contributed by atoms with Crippen LogP contribution in [0.25, 0.3) is 10.9 Å². The van der Waals surface area contributed by atoms with Gasteiger partial charge in [0, 0.05) is 34.4 Å². The Kier molecular flexibility index (Phi) is 4.88. The van der Waals surface area contributed by atoms with Crippen molar-refractivity contribution in [2.24, 2.45) is 5.92 Å². The second kappa shape index (κ2) is 7.45. The smallest absolute Gasteiger partial charge is 0.356 e. The molecular formula is C22H22ClF3N4. The molecule has 1 aliphatic carbocycles. The van der Waals surface area contributed by atoms with Crippen LogP contribution in [0.2, 0.25) is 5.02 Å². The normalized spacial score (nSPS) is 20.1. The summed E-state index contributed by atoms with van der Waals surface area (Å²) in [4.78, 5) is 13.6. The first-order chi connectivity index (χ1) is 14.4. The van der Waals surface area contributed by atoms with Crippen LogP contribution in [0.5, 0.6) is 0 Å². The summed E-state index contributed by atoms with van der Waals surface area (Å²) < 4.78 is 39.7. The second-order valence-electron chi connectivity index (χ2n) is 8.29. The summed E-state index contributed by atoms with van der Waals surface area (Å²) >= 11 is 6.23. The third-order valence-corrected chi connectivity index (χ3v) is 6.67. The molecule has 0 saturated heterocycles. The minimum absolute atomic E-state index is 0.0773. The molecule has 2 aromatic heterocycles. The molecule has 30 heavy (non-hydrogen) atoms. The van der Waals surface area contributed by atoms with Crippen LogP contribution >= 0.6 is 11.6 Å². The molecule has 158 valence electrons. The number of fused-ring (bicyclic) bond motifs is 3. The molecule has 2 aliphatic rings. The number of nitrogens with zero attached hydrogens (tertiary/aromatic N) is 3. The predicted molar refractivity (Wildman–Crippen MR) is 111 cm³/mol. The van der Waals surface area contributed by atoms with Crippen molar-refractivity contribution < 1.29 is 13.2 Å². The highest BCUT2D eigenvalue weighted by atomic mass is 35.5. The molecule has 8 heteroatoms. The Labute approximate surface area is 177 Å². The summed E-state index contributed by atoms with van der Waals surface area (Å²) in [6, 6.07) is 6.64. The quantitative estimate of drug-likeness (QED) is 0.525. The molecule has 1 saturated carbocycles. The maximum Gasteiger partial charge on any atom is 0.433 e. The first-order valence-corrected chi connectivity index (χ1v) is 10.7. The summed E-state index contributed by atoms with van der Waals surface area (Å²) in [6.45, 7) is 0.575. The minimum atomic E-state index is -4.49. The Morgan fingerprint density at radius 3 is 2.73 bits per heavy atom. The number of nitrogens with one attached hydrogen (secondary N) is 1. The molecule has 1 atom stereocenters. The Hall–Kier alpha value is -2.28. The third-order valence-electron chi connectivity index (χ3n) is 6.43. The van der Waals surface area contributed by atoms with Crippen molar-refractivity contribution in [3.63, 3.8) is 0 Å². The van der Waals surface area contributed by atoms with Crippen molar-refractivity contribution in [3.05, 3.63) is 52.4 Å². The van der Waals surface area contributed by atoms with Gasteiger partial charge in [0.1, 0.15) is 5.69 Å². The highest BCUT2D eigenvalue weighted by Gasteiger charge is 2.37. The summed E-state index contributed by atoms with van der Waals surface area (Å²) in [7, 11) is 0. The number of anilines is 1. The number of rotatable bonds is 3. The fourth-order valence-electron chi connectivity index (χ4n) is 5.03. The van der Waals surface area contributed by atoms with E-state index in [-0.39, 0.29) is 12.0 Å². The molecule has 1 N–H and O–H groups in total. The molecule has 1 unspecified atom stereocenters. The Bertz CT molecular complexity index is 1070. The van der Waals surface area contributed by atoms with E-state index in [0.29, 0.717) is 23.9 Å². The van der Waals surface area contributed by atoms with Gasteiger partial charge in [0.05, 0.1) is 6.04 Å². The Balaban J connectivity index is 1.58. The zero-order valence-corrected chi connectivity index (χ0v) is 17.1. The van der Waals surface area contributed by atoms with Crippen LogP contribution in [0.15, 0.2) is 30.5 Å². The number of aromatic nitrogens is 3. The summed E-state index contributed by atoms with van der Waals surface area (Å²) in [6.07, 6.45) is 3.06. The molecule has 1 fully saturated rings. The van der Waals surface area contributed by atoms with E-state index in [9.17, 15) is 13.2 Å². The van der Waals surface area contributed by atoms with Gasteiger partial charge in [-0.1, -0.05) is 37.3 Å². The summed E-state index contributed by atoms with van der Waals surface area (Å²) in [5.41, 5.74) is 2.37. The van der Waals surface area contributed by atoms with Gasteiger partial charge in [0.2, 0.25) is 5.95 Å². The van der Waals surface area contributed by atoms with Gasteiger partial charge in [0.15, 0.2) is 0 Å². The second-order valence-corrected chi connectivity index (χ2v) is 8.73. The molecule has 0 bridgehead atoms. The van der Waals surface area contributed by atoms with Crippen LogP contribution < -0.4 is 4.90 Å². The lowest BCUT2D eigenvalue weighted by molar-refractivity contribution is -0.141. The van der Waals surface area contributed by atoms with Crippen molar-refractivity contribution in [2.45, 2.75) is 50.7 Å². The van der Waals surface area contributed by atoms with Crippen LogP contribution in [0, 0.1) is 5.92 Å². The van der Waals surface area contributed by atoms with Gasteiger partial charge in [-0.15, -0.1) is 0 Å². The van der Waals surface area contributed by atoms with E-state index in [1.54, 1.807) is 0 Å². The van der Waals surface area contributed by atoms with Crippen LogP contribution in [-0.2, 0) is 12.6 Å². The van der Waals surface area contributed by atoms with Gasteiger partial charge in [-0.25, -0.2) is 9.97 Å². The number of aromatic amines is 1. The number of H-pyrrole nitrogens is 1. The molecule has 0 spiro atoms. The van der Waals surface area contributed by atoms with Crippen molar-refractivity contribution >= 4 is 28.5 Å². The van der Waals surface area contributed by atoms with Gasteiger partial charge in [0.25, 0.3) is 0 Å². The van der Waals surface area contributed by atoms with Gasteiger partial charge in [-0.05, 0) is 48.6 Å². The molecule has 0 radical (unpaired) electrons. The predicted octanol–water partition coefficient (Wildman–Crippen LogP) is 6.31. The molecule has 1 aromatic carbocycles. The van der Waals surface area contributed by atoms with Gasteiger partial charge in [-0.2, -0.15) is 13.2 Å². The molecular weight excluding hydrogens is 413 g/mol. The van der Waals surface area contributed by atoms with Gasteiger partial charge >= 0.3 is 6.18 Å². The van der Waals surface area contributed by atoms with E-state index in [4.69, 9.17) is 11.6 Å². The minimum Gasteiger partial charge on any atom is -0.356 e. The van der Waals surface area contributed by atoms with E-state index in [2.05, 4.69) is 15.0 Å². The summed E-state index contributed by atoms with van der Waals surface area (Å²) in [5.74, 6) is 0.708. The monoisotopic (exact) mass is 434 g/mol. The molecule has 3 aromatic rings. The standard InChI is InChI=1S/C22H22ClF3N4/c23-14-5-6-17-16(12-14)15-8-10-30(21-27-9-7-19(29-21)22(24,25)26)18(20(15)28-17)11-13-3-1-2-4-13/h5-7,9,12-13,18,28H,1-4,8,10-11H2. The van der Waals surface area contributed by atoms with E-state index in [0.717, 1.165) is 41.9 Å². The van der Waals surface area contributed by atoms with Crippen LogP contribution in [-0.4, -0.2) is 21.5 Å². The van der Waals surface area contributed by atoms with Crippen molar-refractivity contribution in [3.8, 4) is 0 Å². The fraction of sp³-hybridized carbons (Fsp3) is 0.455. The zero-order valence-electron chi connectivity index (χ0n) is 16.3. The number of hydrogen-bond acceptors (Lipinski definition) is 3. The topological polar surface area (TPSA) is 44.8 Å². The van der Waals surface area contributed by atoms with E-state index in [1.807, 2.05) is 23.1 Å². The first kappa shape index (κ1) is 19.7. The highest BCUT2D eigenvalue weighted by Crippen LogP contribution is 2.43.